The Morgan fingerprint density at radius 3 is 2.56 bits per heavy atom. The molecule has 1 heterocycles. The molecule has 0 aliphatic rings. The van der Waals surface area contributed by atoms with Crippen LogP contribution in [0.1, 0.15) is 11.3 Å². The molecule has 0 radical (unpaired) electrons. The highest BCUT2D eigenvalue weighted by Gasteiger charge is 2.10. The topological polar surface area (TPSA) is 41.3 Å². The van der Waals surface area contributed by atoms with Crippen molar-refractivity contribution in [2.24, 2.45) is 0 Å². The van der Waals surface area contributed by atoms with Crippen LogP contribution in [-0.4, -0.2) is 21.9 Å². The number of benzene rings is 2. The molecule has 0 unspecified atom stereocenters. The summed E-state index contributed by atoms with van der Waals surface area (Å²) in [4.78, 5) is 1.99. The van der Waals surface area contributed by atoms with Crippen LogP contribution in [0.25, 0.3) is 11.3 Å². The van der Waals surface area contributed by atoms with Crippen LogP contribution in [0.5, 0.6) is 5.75 Å². The molecule has 136 valence electrons. The van der Waals surface area contributed by atoms with E-state index < -0.39 is 0 Å². The zero-order valence-electron chi connectivity index (χ0n) is 15.6. The molecule has 4 heteroatoms. The Labute approximate surface area is 160 Å². The number of phenols is 1. The lowest BCUT2D eigenvalue weighted by Crippen LogP contribution is -2.09. The second-order valence-corrected chi connectivity index (χ2v) is 6.37. The van der Waals surface area contributed by atoms with Gasteiger partial charge in [0.25, 0.3) is 0 Å². The highest BCUT2D eigenvalue weighted by molar-refractivity contribution is 5.78. The summed E-state index contributed by atoms with van der Waals surface area (Å²) in [6, 6.07) is 17.2. The third-order valence-electron chi connectivity index (χ3n) is 4.40. The molecular formula is C23H23N3O. The van der Waals surface area contributed by atoms with Crippen LogP contribution in [0.3, 0.4) is 0 Å². The van der Waals surface area contributed by atoms with Crippen molar-refractivity contribution in [3.05, 3.63) is 103 Å². The lowest BCUT2D eigenvalue weighted by atomic mass is 10.1. The number of rotatable bonds is 6. The van der Waals surface area contributed by atoms with Crippen LogP contribution >= 0.6 is 0 Å². The fourth-order valence-electron chi connectivity index (χ4n) is 2.89. The van der Waals surface area contributed by atoms with Crippen molar-refractivity contribution >= 4 is 11.3 Å². The number of aromatic nitrogens is 2. The van der Waals surface area contributed by atoms with Gasteiger partial charge in [0.1, 0.15) is 5.75 Å². The summed E-state index contributed by atoms with van der Waals surface area (Å²) in [7, 11) is 1.96. The van der Waals surface area contributed by atoms with Crippen molar-refractivity contribution in [2.75, 3.05) is 11.9 Å². The normalized spacial score (nSPS) is 10.9. The quantitative estimate of drug-likeness (QED) is 0.624. The van der Waals surface area contributed by atoms with Gasteiger partial charge in [-0.3, -0.25) is 0 Å². The van der Waals surface area contributed by atoms with E-state index in [0.717, 1.165) is 33.8 Å². The summed E-state index contributed by atoms with van der Waals surface area (Å²) in [5.74, 6) is 0.264. The zero-order chi connectivity index (χ0) is 19.4. The first kappa shape index (κ1) is 18.3. The van der Waals surface area contributed by atoms with Crippen LogP contribution in [0.4, 0.5) is 5.69 Å². The Hall–Kier alpha value is -3.53. The molecule has 1 N–H and O–H groups in total. The summed E-state index contributed by atoms with van der Waals surface area (Å²) in [5.41, 5.74) is 5.50. The molecule has 0 aliphatic carbocycles. The van der Waals surface area contributed by atoms with E-state index >= 15 is 0 Å². The molecule has 2 aromatic carbocycles. The van der Waals surface area contributed by atoms with Gasteiger partial charge in [0.2, 0.25) is 0 Å². The molecule has 3 rings (SSSR count). The van der Waals surface area contributed by atoms with E-state index in [0.29, 0.717) is 0 Å². The summed E-state index contributed by atoms with van der Waals surface area (Å²) in [6.07, 6.45) is 5.63. The third kappa shape index (κ3) is 4.01. The molecule has 0 saturated heterocycles. The summed E-state index contributed by atoms with van der Waals surface area (Å²) in [6.45, 7) is 10.3. The molecule has 4 nitrogen and oxygen atoms in total. The number of nitrogens with zero attached hydrogens (tertiary/aromatic N) is 3. The minimum atomic E-state index is 0.264. The average molecular weight is 357 g/mol. The summed E-state index contributed by atoms with van der Waals surface area (Å²) >= 11 is 0. The number of allylic oxidation sites excluding steroid dienone is 3. The summed E-state index contributed by atoms with van der Waals surface area (Å²) < 4.78 is 1.86. The van der Waals surface area contributed by atoms with Gasteiger partial charge in [-0.05, 0) is 66.1 Å². The number of para-hydroxylation sites is 1. The third-order valence-corrected chi connectivity index (χ3v) is 4.40. The number of hydrogen-bond donors (Lipinski definition) is 1. The van der Waals surface area contributed by atoms with Crippen LogP contribution in [0, 0.1) is 6.92 Å². The van der Waals surface area contributed by atoms with Gasteiger partial charge in [-0.15, -0.1) is 0 Å². The van der Waals surface area contributed by atoms with E-state index in [9.17, 15) is 5.11 Å². The Kier molecular flexibility index (Phi) is 5.27. The maximum Gasteiger partial charge on any atom is 0.115 e. The van der Waals surface area contributed by atoms with E-state index in [1.54, 1.807) is 18.3 Å². The van der Waals surface area contributed by atoms with Crippen molar-refractivity contribution in [1.29, 1.82) is 0 Å². The lowest BCUT2D eigenvalue weighted by molar-refractivity contribution is 0.475. The van der Waals surface area contributed by atoms with Gasteiger partial charge >= 0.3 is 0 Å². The summed E-state index contributed by atoms with van der Waals surface area (Å²) in [5, 5.41) is 14.0. The monoisotopic (exact) mass is 357 g/mol. The SMILES string of the molecule is C=C(/C=C\N(C)c1ccc(O)cc1C)C(=C)c1ccnn1-c1ccccc1. The van der Waals surface area contributed by atoms with E-state index in [-0.39, 0.29) is 5.75 Å². The standard InChI is InChI=1S/C23H23N3O/c1-17(13-15-25(4)22-11-10-21(27)16-18(22)2)19(3)23-12-14-24-26(23)20-8-6-5-7-9-20/h5-16,27H,1,3H2,2,4H3/b15-13-. The molecule has 0 spiro atoms. The molecule has 0 fully saturated rings. The fourth-order valence-corrected chi connectivity index (χ4v) is 2.89. The second-order valence-electron chi connectivity index (χ2n) is 6.37. The van der Waals surface area contributed by atoms with Gasteiger partial charge < -0.3 is 10.0 Å². The molecular weight excluding hydrogens is 334 g/mol. The predicted molar refractivity (Wildman–Crippen MR) is 112 cm³/mol. The van der Waals surface area contributed by atoms with Crippen LogP contribution in [-0.2, 0) is 0 Å². The Bertz CT molecular complexity index is 999. The van der Waals surface area contributed by atoms with Gasteiger partial charge in [0.15, 0.2) is 0 Å². The minimum absolute atomic E-state index is 0.264. The molecule has 0 saturated carbocycles. The van der Waals surface area contributed by atoms with Gasteiger partial charge in [-0.2, -0.15) is 5.10 Å². The maximum absolute atomic E-state index is 9.57. The smallest absolute Gasteiger partial charge is 0.115 e. The zero-order valence-corrected chi connectivity index (χ0v) is 15.6. The number of aromatic hydroxyl groups is 1. The Balaban J connectivity index is 1.78. The molecule has 1 aromatic heterocycles. The highest BCUT2D eigenvalue weighted by Crippen LogP contribution is 2.26. The van der Waals surface area contributed by atoms with Crippen molar-refractivity contribution in [3.8, 4) is 11.4 Å². The first-order chi connectivity index (χ1) is 13.0. The molecule has 3 aromatic rings. The minimum Gasteiger partial charge on any atom is -0.508 e. The van der Waals surface area contributed by atoms with Crippen molar-refractivity contribution in [1.82, 2.24) is 9.78 Å². The van der Waals surface area contributed by atoms with E-state index in [2.05, 4.69) is 18.3 Å². The maximum atomic E-state index is 9.57. The van der Waals surface area contributed by atoms with Gasteiger partial charge in [-0.25, -0.2) is 4.68 Å². The first-order valence-electron chi connectivity index (χ1n) is 8.66. The second kappa shape index (κ2) is 7.79. The molecule has 27 heavy (non-hydrogen) atoms. The Morgan fingerprint density at radius 2 is 1.85 bits per heavy atom. The van der Waals surface area contributed by atoms with Gasteiger partial charge in [0.05, 0.1) is 17.6 Å². The predicted octanol–water partition coefficient (Wildman–Crippen LogP) is 5.11. The number of aryl methyl sites for hydroxylation is 1. The van der Waals surface area contributed by atoms with E-state index in [1.165, 1.54) is 0 Å². The van der Waals surface area contributed by atoms with E-state index in [1.807, 2.05) is 78.3 Å². The van der Waals surface area contributed by atoms with E-state index in [4.69, 9.17) is 0 Å². The van der Waals surface area contributed by atoms with Crippen LogP contribution in [0.2, 0.25) is 0 Å². The first-order valence-corrected chi connectivity index (χ1v) is 8.66. The average Bonchev–Trinajstić information content (AvgIpc) is 3.15. The molecule has 0 aliphatic heterocycles. The molecule has 0 atom stereocenters. The van der Waals surface area contributed by atoms with Crippen molar-refractivity contribution in [2.45, 2.75) is 6.92 Å². The van der Waals surface area contributed by atoms with Crippen LogP contribution < -0.4 is 4.90 Å². The van der Waals surface area contributed by atoms with Gasteiger partial charge in [-0.1, -0.05) is 31.4 Å². The molecule has 0 bridgehead atoms. The lowest BCUT2D eigenvalue weighted by Gasteiger charge is -2.17. The molecule has 0 amide bonds. The van der Waals surface area contributed by atoms with Crippen molar-refractivity contribution in [3.63, 3.8) is 0 Å². The fraction of sp³-hybridized carbons (Fsp3) is 0.0870. The van der Waals surface area contributed by atoms with Crippen molar-refractivity contribution < 1.29 is 5.11 Å². The number of anilines is 1. The van der Waals surface area contributed by atoms with Gasteiger partial charge in [0, 0.05) is 18.9 Å². The Morgan fingerprint density at radius 1 is 1.11 bits per heavy atom. The van der Waals surface area contributed by atoms with Crippen LogP contribution in [0.15, 0.2) is 91.8 Å². The number of phenolic OH excluding ortho intramolecular Hbond substituents is 1. The highest BCUT2D eigenvalue weighted by atomic mass is 16.3. The number of hydrogen-bond acceptors (Lipinski definition) is 3. The largest absolute Gasteiger partial charge is 0.508 e.